The van der Waals surface area contributed by atoms with Gasteiger partial charge in [0.05, 0.1) is 13.2 Å². The molecule has 0 amide bonds. The lowest BCUT2D eigenvalue weighted by Gasteiger charge is -2.24. The van der Waals surface area contributed by atoms with E-state index in [4.69, 9.17) is 14.6 Å². The Kier molecular flexibility index (Phi) is 3.66. The second-order valence-corrected chi connectivity index (χ2v) is 5.45. The van der Waals surface area contributed by atoms with E-state index >= 15 is 0 Å². The number of hydrogen-bond donors (Lipinski definition) is 1. The van der Waals surface area contributed by atoms with Crippen LogP contribution in [0.15, 0.2) is 29.2 Å². The third-order valence-electron chi connectivity index (χ3n) is 2.62. The standard InChI is InChI=1S/C11H15NO4S/c12-17(13,14)11-4-2-1-3-10(11)16-9-5-7-15-8-6-9/h1-4,9H,5-8H2,(H2,12,13,14). The van der Waals surface area contributed by atoms with E-state index in [1.807, 2.05) is 0 Å². The molecule has 17 heavy (non-hydrogen) atoms. The van der Waals surface area contributed by atoms with Crippen molar-refractivity contribution in [3.8, 4) is 5.75 Å². The summed E-state index contributed by atoms with van der Waals surface area (Å²) in [5.74, 6) is 0.321. The Hall–Kier alpha value is -1.11. The van der Waals surface area contributed by atoms with Crippen molar-refractivity contribution in [2.75, 3.05) is 13.2 Å². The molecule has 0 unspecified atom stereocenters. The van der Waals surface area contributed by atoms with E-state index in [1.54, 1.807) is 18.2 Å². The van der Waals surface area contributed by atoms with Gasteiger partial charge in [-0.1, -0.05) is 12.1 Å². The van der Waals surface area contributed by atoms with Gasteiger partial charge in [0.2, 0.25) is 10.0 Å². The lowest BCUT2D eigenvalue weighted by Crippen LogP contribution is -2.27. The summed E-state index contributed by atoms with van der Waals surface area (Å²) in [6.07, 6.45) is 1.52. The van der Waals surface area contributed by atoms with Gasteiger partial charge in [-0.25, -0.2) is 13.6 Å². The molecule has 0 atom stereocenters. The van der Waals surface area contributed by atoms with Crippen molar-refractivity contribution in [3.63, 3.8) is 0 Å². The van der Waals surface area contributed by atoms with Crippen LogP contribution in [0, 0.1) is 0 Å². The van der Waals surface area contributed by atoms with Gasteiger partial charge in [0.1, 0.15) is 16.7 Å². The first-order valence-corrected chi connectivity index (χ1v) is 6.98. The van der Waals surface area contributed by atoms with Gasteiger partial charge in [-0.2, -0.15) is 0 Å². The maximum absolute atomic E-state index is 11.4. The number of primary sulfonamides is 1. The monoisotopic (exact) mass is 257 g/mol. The number of benzene rings is 1. The molecule has 5 nitrogen and oxygen atoms in total. The van der Waals surface area contributed by atoms with Crippen LogP contribution in [0.1, 0.15) is 12.8 Å². The van der Waals surface area contributed by atoms with E-state index in [0.717, 1.165) is 12.8 Å². The fraction of sp³-hybridized carbons (Fsp3) is 0.455. The summed E-state index contributed by atoms with van der Waals surface area (Å²) in [5, 5.41) is 5.13. The Bertz CT molecular complexity index is 480. The summed E-state index contributed by atoms with van der Waals surface area (Å²) < 4.78 is 33.6. The number of sulfonamides is 1. The van der Waals surface area contributed by atoms with Crippen LogP contribution in [0.5, 0.6) is 5.75 Å². The molecule has 0 aromatic heterocycles. The van der Waals surface area contributed by atoms with Crippen molar-refractivity contribution < 1.29 is 17.9 Å². The predicted octanol–water partition coefficient (Wildman–Crippen LogP) is 0.892. The molecule has 0 spiro atoms. The second kappa shape index (κ2) is 5.03. The van der Waals surface area contributed by atoms with Gasteiger partial charge in [0.25, 0.3) is 0 Å². The Balaban J connectivity index is 2.20. The fourth-order valence-corrected chi connectivity index (χ4v) is 2.42. The average molecular weight is 257 g/mol. The van der Waals surface area contributed by atoms with Crippen molar-refractivity contribution in [1.82, 2.24) is 0 Å². The largest absolute Gasteiger partial charge is 0.489 e. The molecule has 6 heteroatoms. The van der Waals surface area contributed by atoms with Crippen molar-refractivity contribution in [2.45, 2.75) is 23.8 Å². The highest BCUT2D eigenvalue weighted by molar-refractivity contribution is 7.89. The molecule has 2 rings (SSSR count). The summed E-state index contributed by atoms with van der Waals surface area (Å²) >= 11 is 0. The fourth-order valence-electron chi connectivity index (χ4n) is 1.76. The normalized spacial score (nSPS) is 17.9. The molecule has 1 aliphatic rings. The van der Waals surface area contributed by atoms with Gasteiger partial charge in [0, 0.05) is 12.8 Å². The summed E-state index contributed by atoms with van der Waals surface area (Å²) in [7, 11) is -3.74. The van der Waals surface area contributed by atoms with Gasteiger partial charge in [-0.05, 0) is 12.1 Å². The maximum atomic E-state index is 11.4. The van der Waals surface area contributed by atoms with Crippen LogP contribution >= 0.6 is 0 Å². The van der Waals surface area contributed by atoms with Crippen LogP contribution in [0.25, 0.3) is 0 Å². The Morgan fingerprint density at radius 1 is 1.24 bits per heavy atom. The Morgan fingerprint density at radius 3 is 2.53 bits per heavy atom. The molecule has 0 radical (unpaired) electrons. The van der Waals surface area contributed by atoms with Gasteiger partial charge in [-0.15, -0.1) is 0 Å². The highest BCUT2D eigenvalue weighted by Crippen LogP contribution is 2.25. The van der Waals surface area contributed by atoms with Crippen molar-refractivity contribution in [1.29, 1.82) is 0 Å². The van der Waals surface area contributed by atoms with Crippen LogP contribution in [-0.2, 0) is 14.8 Å². The zero-order valence-electron chi connectivity index (χ0n) is 9.33. The molecule has 1 aliphatic heterocycles. The molecule has 1 fully saturated rings. The van der Waals surface area contributed by atoms with E-state index in [9.17, 15) is 8.42 Å². The lowest BCUT2D eigenvalue weighted by molar-refractivity contribution is 0.0244. The summed E-state index contributed by atoms with van der Waals surface area (Å²) in [6.45, 7) is 1.28. The quantitative estimate of drug-likeness (QED) is 0.872. The SMILES string of the molecule is NS(=O)(=O)c1ccccc1OC1CCOCC1. The topological polar surface area (TPSA) is 78.6 Å². The molecule has 0 aliphatic carbocycles. The van der Waals surface area contributed by atoms with Gasteiger partial charge in [-0.3, -0.25) is 0 Å². The zero-order chi connectivity index (χ0) is 12.3. The molecule has 94 valence electrons. The maximum Gasteiger partial charge on any atom is 0.241 e. The van der Waals surface area contributed by atoms with E-state index in [0.29, 0.717) is 19.0 Å². The van der Waals surface area contributed by atoms with Gasteiger partial charge >= 0.3 is 0 Å². The zero-order valence-corrected chi connectivity index (χ0v) is 10.2. The first-order chi connectivity index (χ1) is 8.07. The highest BCUT2D eigenvalue weighted by atomic mass is 32.2. The minimum atomic E-state index is -3.74. The number of para-hydroxylation sites is 1. The number of rotatable bonds is 3. The van der Waals surface area contributed by atoms with E-state index in [2.05, 4.69) is 0 Å². The highest BCUT2D eigenvalue weighted by Gasteiger charge is 2.20. The van der Waals surface area contributed by atoms with Crippen LogP contribution in [0.4, 0.5) is 0 Å². The van der Waals surface area contributed by atoms with E-state index in [1.165, 1.54) is 6.07 Å². The minimum Gasteiger partial charge on any atom is -0.489 e. The minimum absolute atomic E-state index is 0.00773. The number of nitrogens with two attached hydrogens (primary N) is 1. The smallest absolute Gasteiger partial charge is 0.241 e. The van der Waals surface area contributed by atoms with E-state index in [-0.39, 0.29) is 11.0 Å². The summed E-state index contributed by atoms with van der Waals surface area (Å²) in [4.78, 5) is 0.0338. The van der Waals surface area contributed by atoms with E-state index < -0.39 is 10.0 Å². The van der Waals surface area contributed by atoms with Gasteiger partial charge < -0.3 is 9.47 Å². The predicted molar refractivity (Wildman–Crippen MR) is 62.3 cm³/mol. The van der Waals surface area contributed by atoms with Gasteiger partial charge in [0.15, 0.2) is 0 Å². The number of hydrogen-bond acceptors (Lipinski definition) is 4. The number of ether oxygens (including phenoxy) is 2. The molecule has 0 bridgehead atoms. The third-order valence-corrected chi connectivity index (χ3v) is 3.57. The molecule has 1 saturated heterocycles. The molecule has 0 saturated carbocycles. The second-order valence-electron chi connectivity index (χ2n) is 3.92. The van der Waals surface area contributed by atoms with Crippen LogP contribution < -0.4 is 9.88 Å². The molecule has 1 aromatic carbocycles. The van der Waals surface area contributed by atoms with Crippen LogP contribution in [0.3, 0.4) is 0 Å². The third kappa shape index (κ3) is 3.18. The van der Waals surface area contributed by atoms with Crippen LogP contribution in [0.2, 0.25) is 0 Å². The molecule has 1 heterocycles. The Labute approximate surface area is 101 Å². The molecular weight excluding hydrogens is 242 g/mol. The molecular formula is C11H15NO4S. The van der Waals surface area contributed by atoms with Crippen molar-refractivity contribution in [3.05, 3.63) is 24.3 Å². The average Bonchev–Trinajstić information content (AvgIpc) is 2.30. The van der Waals surface area contributed by atoms with Crippen molar-refractivity contribution in [2.24, 2.45) is 5.14 Å². The van der Waals surface area contributed by atoms with Crippen molar-refractivity contribution >= 4 is 10.0 Å². The van der Waals surface area contributed by atoms with Crippen LogP contribution in [-0.4, -0.2) is 27.7 Å². The Morgan fingerprint density at radius 2 is 1.88 bits per heavy atom. The first kappa shape index (κ1) is 12.3. The summed E-state index contributed by atoms with van der Waals surface area (Å²) in [5.41, 5.74) is 0. The lowest BCUT2D eigenvalue weighted by atomic mass is 10.1. The molecule has 1 aromatic rings. The molecule has 2 N–H and O–H groups in total. The summed E-state index contributed by atoms with van der Waals surface area (Å²) in [6, 6.07) is 6.42. The first-order valence-electron chi connectivity index (χ1n) is 5.43.